The number of likely N-dealkylation sites (N-methyl/N-ethyl adjacent to an activating group) is 1. The first-order valence-electron chi connectivity index (χ1n) is 10.3. The molecule has 0 fully saturated rings. The molecule has 0 bridgehead atoms. The smallest absolute Gasteiger partial charge is 0.329 e. The van der Waals surface area contributed by atoms with Crippen LogP contribution in [0.1, 0.15) is 43.6 Å². The highest BCUT2D eigenvalue weighted by Gasteiger charge is 2.33. The van der Waals surface area contributed by atoms with Crippen LogP contribution in [0.25, 0.3) is 0 Å². The van der Waals surface area contributed by atoms with Gasteiger partial charge in [0.25, 0.3) is 5.91 Å². The lowest BCUT2D eigenvalue weighted by atomic mass is 10.0. The van der Waals surface area contributed by atoms with E-state index < -0.39 is 31.7 Å². The Hall–Kier alpha value is -2.00. The van der Waals surface area contributed by atoms with E-state index in [0.29, 0.717) is 20.3 Å². The molecule has 0 aliphatic rings. The van der Waals surface area contributed by atoms with Gasteiger partial charge in [0.1, 0.15) is 17.5 Å². The fraction of sp³-hybridized carbons (Fsp3) is 0.391. The molecule has 0 aromatic heterocycles. The summed E-state index contributed by atoms with van der Waals surface area (Å²) in [5, 5.41) is 19.0. The molecule has 2 unspecified atom stereocenters. The summed E-state index contributed by atoms with van der Waals surface area (Å²) in [6.45, 7) is 6.88. The maximum atomic E-state index is 13.2. The number of amides is 1. The van der Waals surface area contributed by atoms with Gasteiger partial charge in [0, 0.05) is 7.05 Å². The van der Waals surface area contributed by atoms with Gasteiger partial charge in [0.05, 0.1) is 21.1 Å². The second-order valence-electron chi connectivity index (χ2n) is 8.02. The van der Waals surface area contributed by atoms with Crippen LogP contribution in [0, 0.1) is 5.92 Å². The minimum Gasteiger partial charge on any atom is -0.507 e. The lowest BCUT2D eigenvalue weighted by molar-refractivity contribution is -0.149. The second kappa shape index (κ2) is 11.6. The zero-order chi connectivity index (χ0) is 25.8. The molecule has 0 radical (unpaired) electrons. The highest BCUT2D eigenvalue weighted by molar-refractivity contribution is 9.11. The van der Waals surface area contributed by atoms with Gasteiger partial charge < -0.3 is 24.6 Å². The molecular formula is C23H26Br2NO7P. The van der Waals surface area contributed by atoms with E-state index in [-0.39, 0.29) is 29.6 Å². The van der Waals surface area contributed by atoms with Crippen molar-refractivity contribution >= 4 is 52.2 Å². The number of aromatic hydroxyl groups is 1. The van der Waals surface area contributed by atoms with E-state index in [9.17, 15) is 24.4 Å². The number of phenolic OH excluding ortho intramolecular Hbond substituents is 1. The molecule has 0 aliphatic heterocycles. The topological polar surface area (TPSA) is 113 Å². The van der Waals surface area contributed by atoms with Gasteiger partial charge in [-0.3, -0.25) is 9.36 Å². The number of hydrogen-bond donors (Lipinski definition) is 2. The number of aliphatic hydroxyl groups is 1. The van der Waals surface area contributed by atoms with E-state index >= 15 is 0 Å². The van der Waals surface area contributed by atoms with E-state index in [1.165, 1.54) is 37.1 Å². The number of halogens is 2. The molecule has 0 saturated carbocycles. The number of nitrogens with zero attached hydrogens (tertiary/aromatic N) is 1. The lowest BCUT2D eigenvalue weighted by Gasteiger charge is -2.29. The van der Waals surface area contributed by atoms with Crippen LogP contribution in [0.4, 0.5) is 0 Å². The largest absolute Gasteiger partial charge is 0.507 e. The summed E-state index contributed by atoms with van der Waals surface area (Å²) >= 11 is 6.76. The van der Waals surface area contributed by atoms with Crippen LogP contribution >= 0.6 is 40.3 Å². The lowest BCUT2D eigenvalue weighted by Crippen LogP contribution is -2.46. The maximum Gasteiger partial charge on any atom is 0.329 e. The SMILES string of the molecule is CCOC(=O)C(C(C)C)N(C)C(=O)c1cc(Oc2c(Br)cc(C(C)(O)P=O)cc2Br)ccc1O. The van der Waals surface area contributed by atoms with Crippen molar-refractivity contribution in [3.8, 4) is 17.2 Å². The first kappa shape index (κ1) is 28.2. The molecule has 1 amide bonds. The van der Waals surface area contributed by atoms with Crippen LogP contribution < -0.4 is 4.74 Å². The number of rotatable bonds is 9. The van der Waals surface area contributed by atoms with Gasteiger partial charge >= 0.3 is 5.97 Å². The van der Waals surface area contributed by atoms with Gasteiger partial charge in [-0.05, 0) is 87.5 Å². The molecular weight excluding hydrogens is 593 g/mol. The van der Waals surface area contributed by atoms with Crippen molar-refractivity contribution in [2.24, 2.45) is 5.92 Å². The Balaban J connectivity index is 2.40. The summed E-state index contributed by atoms with van der Waals surface area (Å²) in [6, 6.07) is 6.48. The first-order chi connectivity index (χ1) is 15.8. The van der Waals surface area contributed by atoms with Crippen LogP contribution in [0.5, 0.6) is 17.2 Å². The summed E-state index contributed by atoms with van der Waals surface area (Å²) < 4.78 is 23.2. The van der Waals surface area contributed by atoms with Crippen LogP contribution in [0.15, 0.2) is 39.3 Å². The molecule has 34 heavy (non-hydrogen) atoms. The fourth-order valence-electron chi connectivity index (χ4n) is 3.27. The standard InChI is InChI=1S/C23H26Br2NO7P/c1-6-32-22(29)19(12(2)3)26(5)21(28)15-11-14(7-8-18(15)27)33-20-16(24)9-13(10-17(20)25)23(4,30)34-31/h7-12,19,27,30H,6H2,1-5H3. The van der Waals surface area contributed by atoms with Crippen LogP contribution in [0.2, 0.25) is 0 Å². The van der Waals surface area contributed by atoms with Crippen molar-refractivity contribution in [1.29, 1.82) is 0 Å². The van der Waals surface area contributed by atoms with Gasteiger partial charge in [-0.25, -0.2) is 4.79 Å². The number of carbonyl (C=O) groups excluding carboxylic acids is 2. The Morgan fingerprint density at radius 2 is 1.76 bits per heavy atom. The molecule has 2 aromatic carbocycles. The molecule has 0 heterocycles. The molecule has 184 valence electrons. The average molecular weight is 619 g/mol. The number of esters is 1. The molecule has 2 N–H and O–H groups in total. The van der Waals surface area contributed by atoms with E-state index in [1.54, 1.807) is 32.9 Å². The second-order valence-corrected chi connectivity index (χ2v) is 10.8. The van der Waals surface area contributed by atoms with Crippen molar-refractivity contribution in [2.45, 2.75) is 39.1 Å². The fourth-order valence-corrected chi connectivity index (χ4v) is 4.86. The Labute approximate surface area is 216 Å². The van der Waals surface area contributed by atoms with Crippen molar-refractivity contribution in [3.63, 3.8) is 0 Å². The van der Waals surface area contributed by atoms with E-state index in [1.807, 2.05) is 0 Å². The van der Waals surface area contributed by atoms with Crippen molar-refractivity contribution in [1.82, 2.24) is 4.90 Å². The number of ether oxygens (including phenoxy) is 2. The molecule has 2 rings (SSSR count). The third-order valence-corrected chi connectivity index (χ3v) is 6.83. The van der Waals surface area contributed by atoms with Crippen molar-refractivity contribution in [2.75, 3.05) is 13.7 Å². The predicted molar refractivity (Wildman–Crippen MR) is 135 cm³/mol. The van der Waals surface area contributed by atoms with Crippen LogP contribution in [-0.2, 0) is 19.4 Å². The molecule has 0 saturated heterocycles. The van der Waals surface area contributed by atoms with E-state index in [2.05, 4.69) is 31.9 Å². The van der Waals surface area contributed by atoms with Crippen LogP contribution in [-0.4, -0.2) is 46.7 Å². The average Bonchev–Trinajstić information content (AvgIpc) is 2.76. The zero-order valence-electron chi connectivity index (χ0n) is 19.3. The normalized spacial score (nSPS) is 13.9. The summed E-state index contributed by atoms with van der Waals surface area (Å²) in [6.07, 6.45) is 0. The molecule has 0 aliphatic carbocycles. The van der Waals surface area contributed by atoms with E-state index in [0.717, 1.165) is 0 Å². The van der Waals surface area contributed by atoms with Gasteiger partial charge in [-0.1, -0.05) is 13.8 Å². The Bertz CT molecular complexity index is 1070. The summed E-state index contributed by atoms with van der Waals surface area (Å²) in [4.78, 5) is 26.8. The summed E-state index contributed by atoms with van der Waals surface area (Å²) in [5.74, 6) is -1.00. The van der Waals surface area contributed by atoms with Crippen LogP contribution in [0.3, 0.4) is 0 Å². The quantitative estimate of drug-likeness (QED) is 0.269. The third kappa shape index (κ3) is 6.36. The zero-order valence-corrected chi connectivity index (χ0v) is 23.4. The first-order valence-corrected chi connectivity index (χ1v) is 12.7. The number of carbonyl (C=O) groups is 2. The van der Waals surface area contributed by atoms with Gasteiger partial charge in [0.15, 0.2) is 19.6 Å². The number of phenols is 1. The Morgan fingerprint density at radius 1 is 1.18 bits per heavy atom. The van der Waals surface area contributed by atoms with Gasteiger partial charge in [0.2, 0.25) is 0 Å². The highest BCUT2D eigenvalue weighted by atomic mass is 79.9. The molecule has 2 aromatic rings. The number of hydrogen-bond acceptors (Lipinski definition) is 7. The number of benzene rings is 2. The van der Waals surface area contributed by atoms with Gasteiger partial charge in [-0.2, -0.15) is 0 Å². The molecule has 11 heteroatoms. The minimum absolute atomic E-state index is 0.0492. The maximum absolute atomic E-state index is 13.2. The minimum atomic E-state index is -1.59. The monoisotopic (exact) mass is 617 g/mol. The van der Waals surface area contributed by atoms with E-state index in [4.69, 9.17) is 9.47 Å². The summed E-state index contributed by atoms with van der Waals surface area (Å²) in [5.41, 5.74) is 0.337. The predicted octanol–water partition coefficient (Wildman–Crippen LogP) is 5.83. The Kier molecular flexibility index (Phi) is 9.65. The third-order valence-electron chi connectivity index (χ3n) is 5.04. The van der Waals surface area contributed by atoms with Crippen molar-refractivity contribution in [3.05, 3.63) is 50.4 Å². The summed E-state index contributed by atoms with van der Waals surface area (Å²) in [7, 11) is 1.01. The molecule has 8 nitrogen and oxygen atoms in total. The molecule has 0 spiro atoms. The van der Waals surface area contributed by atoms with Crippen molar-refractivity contribution < 1.29 is 33.8 Å². The van der Waals surface area contributed by atoms with Gasteiger partial charge in [-0.15, -0.1) is 0 Å². The Morgan fingerprint density at radius 3 is 2.26 bits per heavy atom. The highest BCUT2D eigenvalue weighted by Crippen LogP contribution is 2.43. The molecule has 2 atom stereocenters.